The predicted molar refractivity (Wildman–Crippen MR) is 126 cm³/mol. The van der Waals surface area contributed by atoms with Crippen LogP contribution in [0.4, 0.5) is 27.7 Å². The van der Waals surface area contributed by atoms with E-state index in [0.29, 0.717) is 17.4 Å². The lowest BCUT2D eigenvalue weighted by Gasteiger charge is -2.10. The Morgan fingerprint density at radius 3 is 2.58 bits per heavy atom. The molecular formula is C23H21N7O3. The number of carbonyl (C=O) groups excluding carboxylic acids is 1. The van der Waals surface area contributed by atoms with Crippen molar-refractivity contribution in [3.63, 3.8) is 0 Å². The van der Waals surface area contributed by atoms with Crippen molar-refractivity contribution in [2.24, 2.45) is 7.05 Å². The summed E-state index contributed by atoms with van der Waals surface area (Å²) in [7, 11) is 1.83. The molecule has 0 unspecified atom stereocenters. The van der Waals surface area contributed by atoms with Crippen molar-refractivity contribution in [3.05, 3.63) is 70.4 Å². The van der Waals surface area contributed by atoms with Crippen LogP contribution in [0.15, 0.2) is 54.6 Å². The van der Waals surface area contributed by atoms with Gasteiger partial charge in [-0.2, -0.15) is 5.10 Å². The van der Waals surface area contributed by atoms with Crippen LogP contribution < -0.4 is 16.4 Å². The van der Waals surface area contributed by atoms with Crippen LogP contribution in [0.3, 0.4) is 0 Å². The number of nitrogens with one attached hydrogen (secondary N) is 2. The molecule has 4 aromatic rings. The largest absolute Gasteiger partial charge is 0.382 e. The molecule has 2 aromatic carbocycles. The number of fused-ring (bicyclic) bond motifs is 1. The number of nitrogens with two attached hydrogens (primary N) is 1. The standard InChI is InChI=1S/C23H21N7O3/c1-29-22-20(21(24)28-29)16(12-18(26-22)14-6-7-14)13-8-10-15(11-9-13)25-23(31)27-17-4-2-3-5-19(17)30(32)33/h2-5,8-12,14H,6-7H2,1H3,(H2,24,28)(H2,25,27,31). The number of amides is 2. The van der Waals surface area contributed by atoms with Gasteiger partial charge in [0.1, 0.15) is 5.69 Å². The number of carbonyl (C=O) groups is 1. The predicted octanol–water partition coefficient (Wildman–Crippen LogP) is 4.65. The zero-order valence-electron chi connectivity index (χ0n) is 17.8. The van der Waals surface area contributed by atoms with Crippen molar-refractivity contribution in [3.8, 4) is 11.1 Å². The minimum absolute atomic E-state index is 0.121. The highest BCUT2D eigenvalue weighted by Crippen LogP contribution is 2.42. The van der Waals surface area contributed by atoms with E-state index in [-0.39, 0.29) is 11.4 Å². The molecule has 2 aromatic heterocycles. The first-order valence-corrected chi connectivity index (χ1v) is 10.5. The second kappa shape index (κ2) is 7.90. The number of aromatic nitrogens is 3. The van der Waals surface area contributed by atoms with Gasteiger partial charge in [-0.3, -0.25) is 10.1 Å². The van der Waals surface area contributed by atoms with E-state index in [1.54, 1.807) is 28.9 Å². The number of nitro benzene ring substituents is 1. The molecule has 166 valence electrons. The quantitative estimate of drug-likeness (QED) is 0.303. The Balaban J connectivity index is 1.40. The topological polar surface area (TPSA) is 141 Å². The molecular weight excluding hydrogens is 422 g/mol. The summed E-state index contributed by atoms with van der Waals surface area (Å²) in [5.74, 6) is 0.888. The summed E-state index contributed by atoms with van der Waals surface area (Å²) in [4.78, 5) is 27.7. The number of rotatable bonds is 5. The second-order valence-electron chi connectivity index (χ2n) is 8.01. The van der Waals surface area contributed by atoms with Gasteiger partial charge in [-0.1, -0.05) is 24.3 Å². The van der Waals surface area contributed by atoms with Gasteiger partial charge < -0.3 is 16.4 Å². The van der Waals surface area contributed by atoms with E-state index in [1.807, 2.05) is 19.2 Å². The molecule has 1 aliphatic rings. The Kier molecular flexibility index (Phi) is 4.89. The Hall–Kier alpha value is -4.47. The van der Waals surface area contributed by atoms with Gasteiger partial charge in [0, 0.05) is 30.4 Å². The number of urea groups is 1. The number of nitro groups is 1. The van der Waals surface area contributed by atoms with Crippen molar-refractivity contribution < 1.29 is 9.72 Å². The summed E-state index contributed by atoms with van der Waals surface area (Å²) in [5.41, 5.74) is 10.3. The summed E-state index contributed by atoms with van der Waals surface area (Å²) in [6.45, 7) is 0. The Labute approximate surface area is 188 Å². The summed E-state index contributed by atoms with van der Waals surface area (Å²) in [6, 6.07) is 14.8. The smallest absolute Gasteiger partial charge is 0.323 e. The van der Waals surface area contributed by atoms with Crippen LogP contribution in [-0.2, 0) is 7.05 Å². The summed E-state index contributed by atoms with van der Waals surface area (Å²) < 4.78 is 1.70. The number of hydrogen-bond acceptors (Lipinski definition) is 6. The summed E-state index contributed by atoms with van der Waals surface area (Å²) >= 11 is 0. The van der Waals surface area contributed by atoms with Gasteiger partial charge in [-0.15, -0.1) is 0 Å². The Morgan fingerprint density at radius 2 is 1.88 bits per heavy atom. The molecule has 0 aliphatic heterocycles. The van der Waals surface area contributed by atoms with Crippen LogP contribution in [0.25, 0.3) is 22.2 Å². The van der Waals surface area contributed by atoms with Gasteiger partial charge in [0.2, 0.25) is 0 Å². The summed E-state index contributed by atoms with van der Waals surface area (Å²) in [5, 5.41) is 21.5. The van der Waals surface area contributed by atoms with Gasteiger partial charge in [0.05, 0.1) is 10.3 Å². The highest BCUT2D eigenvalue weighted by molar-refractivity contribution is 6.02. The zero-order valence-corrected chi connectivity index (χ0v) is 17.8. The Morgan fingerprint density at radius 1 is 1.15 bits per heavy atom. The molecule has 0 bridgehead atoms. The molecule has 0 atom stereocenters. The van der Waals surface area contributed by atoms with Gasteiger partial charge in [0.25, 0.3) is 5.69 Å². The first kappa shape index (κ1) is 20.4. The molecule has 2 heterocycles. The average Bonchev–Trinajstić information content (AvgIpc) is 3.60. The van der Waals surface area contributed by atoms with E-state index >= 15 is 0 Å². The summed E-state index contributed by atoms with van der Waals surface area (Å²) in [6.07, 6.45) is 2.26. The molecule has 33 heavy (non-hydrogen) atoms. The van der Waals surface area contributed by atoms with E-state index in [9.17, 15) is 14.9 Å². The lowest BCUT2D eigenvalue weighted by molar-refractivity contribution is -0.383. The third-order valence-corrected chi connectivity index (χ3v) is 5.64. The maximum Gasteiger partial charge on any atom is 0.323 e. The number of aryl methyl sites for hydroxylation is 1. The molecule has 0 saturated heterocycles. The van der Waals surface area contributed by atoms with Crippen LogP contribution >= 0.6 is 0 Å². The van der Waals surface area contributed by atoms with Crippen LogP contribution in [0.5, 0.6) is 0 Å². The zero-order chi connectivity index (χ0) is 23.1. The van der Waals surface area contributed by atoms with E-state index in [0.717, 1.165) is 40.7 Å². The van der Waals surface area contributed by atoms with E-state index in [2.05, 4.69) is 21.8 Å². The molecule has 1 saturated carbocycles. The maximum atomic E-state index is 12.4. The maximum absolute atomic E-state index is 12.4. The highest BCUT2D eigenvalue weighted by atomic mass is 16.6. The van der Waals surface area contributed by atoms with Crippen molar-refractivity contribution in [1.29, 1.82) is 0 Å². The lowest BCUT2D eigenvalue weighted by Crippen LogP contribution is -2.20. The minimum Gasteiger partial charge on any atom is -0.382 e. The fraction of sp³-hybridized carbons (Fsp3) is 0.174. The Bertz CT molecular complexity index is 1390. The van der Waals surface area contributed by atoms with Crippen molar-refractivity contribution >= 4 is 39.9 Å². The number of anilines is 3. The monoisotopic (exact) mass is 443 g/mol. The molecule has 0 radical (unpaired) electrons. The molecule has 1 fully saturated rings. The van der Waals surface area contributed by atoms with E-state index < -0.39 is 11.0 Å². The third-order valence-electron chi connectivity index (χ3n) is 5.64. The van der Waals surface area contributed by atoms with E-state index in [1.165, 1.54) is 12.1 Å². The first-order chi connectivity index (χ1) is 15.9. The van der Waals surface area contributed by atoms with Crippen molar-refractivity contribution in [2.45, 2.75) is 18.8 Å². The number of nitrogens with zero attached hydrogens (tertiary/aromatic N) is 4. The third kappa shape index (κ3) is 3.93. The first-order valence-electron chi connectivity index (χ1n) is 10.5. The molecule has 0 spiro atoms. The molecule has 5 rings (SSSR count). The van der Waals surface area contributed by atoms with Gasteiger partial charge in [-0.05, 0) is 48.2 Å². The second-order valence-corrected chi connectivity index (χ2v) is 8.01. The SMILES string of the molecule is Cn1nc(N)c2c(-c3ccc(NC(=O)Nc4ccccc4[N+](=O)[O-])cc3)cc(C3CC3)nc21. The fourth-order valence-corrected chi connectivity index (χ4v) is 3.87. The van der Waals surface area contributed by atoms with Crippen molar-refractivity contribution in [2.75, 3.05) is 16.4 Å². The molecule has 10 nitrogen and oxygen atoms in total. The lowest BCUT2D eigenvalue weighted by atomic mass is 10.0. The van der Waals surface area contributed by atoms with Crippen LogP contribution in [0.2, 0.25) is 0 Å². The van der Waals surface area contributed by atoms with Gasteiger partial charge >= 0.3 is 6.03 Å². The van der Waals surface area contributed by atoms with Crippen LogP contribution in [0.1, 0.15) is 24.5 Å². The fourth-order valence-electron chi connectivity index (χ4n) is 3.87. The number of nitrogen functional groups attached to an aromatic ring is 1. The van der Waals surface area contributed by atoms with E-state index in [4.69, 9.17) is 10.7 Å². The van der Waals surface area contributed by atoms with Crippen molar-refractivity contribution in [1.82, 2.24) is 14.8 Å². The van der Waals surface area contributed by atoms with Crippen LogP contribution in [-0.4, -0.2) is 25.7 Å². The molecule has 1 aliphatic carbocycles. The van der Waals surface area contributed by atoms with Gasteiger partial charge in [-0.25, -0.2) is 14.5 Å². The van der Waals surface area contributed by atoms with Crippen LogP contribution in [0, 0.1) is 10.1 Å². The van der Waals surface area contributed by atoms with Gasteiger partial charge in [0.15, 0.2) is 11.5 Å². The highest BCUT2D eigenvalue weighted by Gasteiger charge is 2.27. The molecule has 4 N–H and O–H groups in total. The normalized spacial score (nSPS) is 13.1. The average molecular weight is 443 g/mol. The number of pyridine rings is 1. The number of para-hydroxylation sites is 2. The molecule has 2 amide bonds. The molecule has 10 heteroatoms. The number of hydrogen-bond donors (Lipinski definition) is 3. The number of benzene rings is 2. The minimum atomic E-state index is -0.573.